The van der Waals surface area contributed by atoms with Crippen molar-refractivity contribution in [2.45, 2.75) is 25.5 Å². The summed E-state index contributed by atoms with van der Waals surface area (Å²) in [5.41, 5.74) is 2.34. The van der Waals surface area contributed by atoms with Gasteiger partial charge in [-0.05, 0) is 36.2 Å². The Morgan fingerprint density at radius 2 is 2.21 bits per heavy atom. The minimum absolute atomic E-state index is 0.0912. The molecule has 3 rings (SSSR count). The van der Waals surface area contributed by atoms with E-state index in [0.717, 1.165) is 24.3 Å². The number of rotatable bonds is 5. The Bertz CT molecular complexity index is 695. The zero-order valence-corrected chi connectivity index (χ0v) is 13.9. The second kappa shape index (κ2) is 7.38. The second-order valence-corrected chi connectivity index (χ2v) is 6.45. The Balaban J connectivity index is 1.73. The van der Waals surface area contributed by atoms with Crippen LogP contribution < -0.4 is 0 Å². The van der Waals surface area contributed by atoms with Crippen molar-refractivity contribution in [3.05, 3.63) is 65.2 Å². The van der Waals surface area contributed by atoms with Gasteiger partial charge < -0.3 is 9.84 Å². The van der Waals surface area contributed by atoms with Crippen molar-refractivity contribution in [1.82, 2.24) is 9.88 Å². The quantitative estimate of drug-likeness (QED) is 0.914. The van der Waals surface area contributed by atoms with Crippen LogP contribution in [0, 0.1) is 12.7 Å². The molecule has 0 aliphatic carbocycles. The van der Waals surface area contributed by atoms with Gasteiger partial charge in [-0.25, -0.2) is 4.39 Å². The van der Waals surface area contributed by atoms with Gasteiger partial charge in [0.25, 0.3) is 0 Å². The van der Waals surface area contributed by atoms with Crippen LogP contribution >= 0.6 is 0 Å². The molecule has 1 aromatic heterocycles. The molecule has 0 amide bonds. The second-order valence-electron chi connectivity index (χ2n) is 6.45. The fraction of sp³-hybridized carbons (Fsp3) is 0.421. The van der Waals surface area contributed by atoms with Gasteiger partial charge in [-0.3, -0.25) is 9.88 Å². The van der Waals surface area contributed by atoms with Crippen LogP contribution in [0.5, 0.6) is 0 Å². The van der Waals surface area contributed by atoms with Crippen LogP contribution in [-0.4, -0.2) is 46.9 Å². The molecule has 128 valence electrons. The Morgan fingerprint density at radius 1 is 1.33 bits per heavy atom. The first-order chi connectivity index (χ1) is 11.6. The van der Waals surface area contributed by atoms with Crippen LogP contribution in [0.3, 0.4) is 0 Å². The minimum atomic E-state index is -0.692. The van der Waals surface area contributed by atoms with Gasteiger partial charge in [0.1, 0.15) is 11.4 Å². The Morgan fingerprint density at radius 3 is 2.96 bits per heavy atom. The van der Waals surface area contributed by atoms with Gasteiger partial charge in [0.05, 0.1) is 13.2 Å². The number of aliphatic hydroxyl groups excluding tert-OH is 1. The number of morpholine rings is 1. The number of ether oxygens (including phenoxy) is 1. The summed E-state index contributed by atoms with van der Waals surface area (Å²) >= 11 is 0. The van der Waals surface area contributed by atoms with Crippen LogP contribution in [0.4, 0.5) is 4.39 Å². The molecular formula is C19H23FN2O2. The van der Waals surface area contributed by atoms with E-state index < -0.39 is 5.60 Å². The summed E-state index contributed by atoms with van der Waals surface area (Å²) in [4.78, 5) is 6.60. The largest absolute Gasteiger partial charge is 0.393 e. The van der Waals surface area contributed by atoms with Gasteiger partial charge in [-0.15, -0.1) is 0 Å². The van der Waals surface area contributed by atoms with E-state index >= 15 is 0 Å². The molecule has 1 N–H and O–H groups in total. The molecule has 4 nitrogen and oxygen atoms in total. The third kappa shape index (κ3) is 3.98. The van der Waals surface area contributed by atoms with E-state index in [9.17, 15) is 9.50 Å². The first kappa shape index (κ1) is 17.0. The minimum Gasteiger partial charge on any atom is -0.393 e. The van der Waals surface area contributed by atoms with E-state index in [2.05, 4.69) is 16.0 Å². The Labute approximate surface area is 141 Å². The number of pyridine rings is 1. The van der Waals surface area contributed by atoms with Crippen LogP contribution in [0.25, 0.3) is 0 Å². The monoisotopic (exact) mass is 330 g/mol. The number of hydrogen-bond acceptors (Lipinski definition) is 4. The maximum Gasteiger partial charge on any atom is 0.123 e. The molecule has 0 unspecified atom stereocenters. The molecule has 1 aliphatic heterocycles. The normalized spacial score (nSPS) is 21.8. The number of aryl methyl sites for hydroxylation is 1. The smallest absolute Gasteiger partial charge is 0.123 e. The highest BCUT2D eigenvalue weighted by Gasteiger charge is 2.36. The van der Waals surface area contributed by atoms with Crippen molar-refractivity contribution < 1.29 is 14.2 Å². The number of hydrogen-bond donors (Lipinski definition) is 1. The molecule has 0 spiro atoms. The Kier molecular flexibility index (Phi) is 5.23. The average molecular weight is 330 g/mol. The summed E-state index contributed by atoms with van der Waals surface area (Å²) in [6.07, 6.45) is 2.28. The van der Waals surface area contributed by atoms with Crippen LogP contribution in [0.15, 0.2) is 42.6 Å². The fourth-order valence-electron chi connectivity index (χ4n) is 3.26. The van der Waals surface area contributed by atoms with Crippen molar-refractivity contribution in [3.63, 3.8) is 0 Å². The van der Waals surface area contributed by atoms with Crippen LogP contribution in [0.2, 0.25) is 0 Å². The molecular weight excluding hydrogens is 307 g/mol. The topological polar surface area (TPSA) is 45.6 Å². The van der Waals surface area contributed by atoms with Crippen molar-refractivity contribution >= 4 is 0 Å². The van der Waals surface area contributed by atoms with E-state index in [1.807, 2.05) is 19.1 Å². The fourth-order valence-corrected chi connectivity index (χ4v) is 3.26. The number of halogens is 1. The van der Waals surface area contributed by atoms with E-state index in [4.69, 9.17) is 4.74 Å². The SMILES string of the molecule is Cc1ncccc1CN1CCO[C@@](CO)(Cc2cccc(F)c2)C1. The van der Waals surface area contributed by atoms with Crippen molar-refractivity contribution in [1.29, 1.82) is 0 Å². The third-order valence-electron chi connectivity index (χ3n) is 4.54. The predicted octanol–water partition coefficient (Wildman–Crippen LogP) is 2.34. The average Bonchev–Trinajstić information content (AvgIpc) is 2.57. The van der Waals surface area contributed by atoms with E-state index in [0.29, 0.717) is 19.6 Å². The van der Waals surface area contributed by atoms with Gasteiger partial charge in [0.2, 0.25) is 0 Å². The molecule has 1 fully saturated rings. The number of aliphatic hydroxyl groups is 1. The molecule has 5 heteroatoms. The maximum absolute atomic E-state index is 13.4. The van der Waals surface area contributed by atoms with Crippen LogP contribution in [0.1, 0.15) is 16.8 Å². The molecule has 2 aromatic rings. The zero-order valence-electron chi connectivity index (χ0n) is 13.9. The third-order valence-corrected chi connectivity index (χ3v) is 4.54. The van der Waals surface area contributed by atoms with E-state index in [1.165, 1.54) is 17.7 Å². The number of benzene rings is 1. The maximum atomic E-state index is 13.4. The summed E-state index contributed by atoms with van der Waals surface area (Å²) in [6.45, 7) is 4.64. The highest BCUT2D eigenvalue weighted by Crippen LogP contribution is 2.24. The zero-order chi connectivity index (χ0) is 17.0. The van der Waals surface area contributed by atoms with Gasteiger partial charge in [0, 0.05) is 37.9 Å². The number of nitrogens with zero attached hydrogens (tertiary/aromatic N) is 2. The van der Waals surface area contributed by atoms with E-state index in [-0.39, 0.29) is 12.4 Å². The standard InChI is InChI=1S/C19H23FN2O2/c1-15-17(5-3-7-21-15)12-22-8-9-24-19(13-22,14-23)11-16-4-2-6-18(20)10-16/h2-7,10,23H,8-9,11-14H2,1H3/t19-/m0/s1. The lowest BCUT2D eigenvalue weighted by atomic mass is 9.93. The molecule has 1 aliphatic rings. The summed E-state index contributed by atoms with van der Waals surface area (Å²) in [6, 6.07) is 10.5. The van der Waals surface area contributed by atoms with Crippen LogP contribution in [-0.2, 0) is 17.7 Å². The van der Waals surface area contributed by atoms with Gasteiger partial charge in [-0.2, -0.15) is 0 Å². The lowest BCUT2D eigenvalue weighted by Gasteiger charge is -2.42. The summed E-state index contributed by atoms with van der Waals surface area (Å²) < 4.78 is 19.4. The lowest BCUT2D eigenvalue weighted by molar-refractivity contribution is -0.134. The summed E-state index contributed by atoms with van der Waals surface area (Å²) in [5, 5.41) is 9.95. The van der Waals surface area contributed by atoms with Gasteiger partial charge in [0.15, 0.2) is 0 Å². The highest BCUT2D eigenvalue weighted by molar-refractivity contribution is 5.20. The molecule has 0 saturated carbocycles. The molecule has 24 heavy (non-hydrogen) atoms. The first-order valence-corrected chi connectivity index (χ1v) is 8.22. The van der Waals surface area contributed by atoms with Gasteiger partial charge in [-0.1, -0.05) is 18.2 Å². The molecule has 2 heterocycles. The highest BCUT2D eigenvalue weighted by atomic mass is 19.1. The van der Waals surface area contributed by atoms with Crippen molar-refractivity contribution in [2.24, 2.45) is 0 Å². The Hall–Kier alpha value is -1.82. The predicted molar refractivity (Wildman–Crippen MR) is 90.1 cm³/mol. The summed E-state index contributed by atoms with van der Waals surface area (Å²) in [5.74, 6) is -0.265. The molecule has 1 aromatic carbocycles. The number of aromatic nitrogens is 1. The lowest BCUT2D eigenvalue weighted by Crippen LogP contribution is -2.55. The van der Waals surface area contributed by atoms with Crippen molar-refractivity contribution in [2.75, 3.05) is 26.3 Å². The van der Waals surface area contributed by atoms with Crippen molar-refractivity contribution in [3.8, 4) is 0 Å². The molecule has 0 radical (unpaired) electrons. The first-order valence-electron chi connectivity index (χ1n) is 8.22. The molecule has 0 bridgehead atoms. The molecule has 1 atom stereocenters. The van der Waals surface area contributed by atoms with Gasteiger partial charge >= 0.3 is 0 Å². The molecule has 1 saturated heterocycles. The summed E-state index contributed by atoms with van der Waals surface area (Å²) in [7, 11) is 0. The van der Waals surface area contributed by atoms with E-state index in [1.54, 1.807) is 12.3 Å².